The number of halogens is 1. The topological polar surface area (TPSA) is 42.1 Å². The molecule has 0 aliphatic carbocycles. The van der Waals surface area contributed by atoms with Gasteiger partial charge in [0.25, 0.3) is 0 Å². The van der Waals surface area contributed by atoms with Gasteiger partial charge in [0.2, 0.25) is 0 Å². The Morgan fingerprint density at radius 1 is 1.37 bits per heavy atom. The van der Waals surface area contributed by atoms with Crippen molar-refractivity contribution in [2.45, 2.75) is 6.92 Å². The lowest BCUT2D eigenvalue weighted by Gasteiger charge is -2.05. The van der Waals surface area contributed by atoms with Crippen LogP contribution in [0.4, 0.5) is 4.39 Å². The van der Waals surface area contributed by atoms with Crippen molar-refractivity contribution in [3.05, 3.63) is 47.0 Å². The summed E-state index contributed by atoms with van der Waals surface area (Å²) >= 11 is 0. The summed E-state index contributed by atoms with van der Waals surface area (Å²) in [5, 5.41) is 0. The van der Waals surface area contributed by atoms with Gasteiger partial charge in [-0.2, -0.15) is 0 Å². The number of methoxy groups -OCH3 is 1. The van der Waals surface area contributed by atoms with Crippen LogP contribution in [-0.4, -0.2) is 18.1 Å². The van der Waals surface area contributed by atoms with Gasteiger partial charge in [0.15, 0.2) is 0 Å². The molecule has 0 saturated carbocycles. The lowest BCUT2D eigenvalue weighted by molar-refractivity contribution is 0.0601. The number of carbonyl (C=O) groups is 1. The summed E-state index contributed by atoms with van der Waals surface area (Å²) in [6.07, 6.45) is 5.38. The molecule has 2 aromatic rings. The predicted molar refractivity (Wildman–Crippen MR) is 70.2 cm³/mol. The molecule has 96 valence electrons. The van der Waals surface area contributed by atoms with Crippen LogP contribution in [0.3, 0.4) is 0 Å². The van der Waals surface area contributed by atoms with E-state index in [2.05, 4.69) is 10.9 Å². The van der Waals surface area contributed by atoms with Crippen LogP contribution in [-0.2, 0) is 4.74 Å². The Balaban J connectivity index is 2.69. The molecule has 0 amide bonds. The fourth-order valence-electron chi connectivity index (χ4n) is 2.02. The molecule has 0 aliphatic rings. The SMILES string of the molecule is C#Cc1[nH]c(C)c(-c2ccc(F)cc2)c1C(=O)OC. The van der Waals surface area contributed by atoms with E-state index in [9.17, 15) is 9.18 Å². The van der Waals surface area contributed by atoms with E-state index >= 15 is 0 Å². The van der Waals surface area contributed by atoms with E-state index in [0.717, 1.165) is 5.69 Å². The largest absolute Gasteiger partial charge is 0.465 e. The highest BCUT2D eigenvalue weighted by atomic mass is 19.1. The number of hydrogen-bond donors (Lipinski definition) is 1. The van der Waals surface area contributed by atoms with E-state index in [1.807, 2.05) is 0 Å². The highest BCUT2D eigenvalue weighted by Crippen LogP contribution is 2.30. The number of aromatic nitrogens is 1. The maximum atomic E-state index is 13.0. The van der Waals surface area contributed by atoms with Crippen LogP contribution in [0.15, 0.2) is 24.3 Å². The van der Waals surface area contributed by atoms with Gasteiger partial charge in [-0.15, -0.1) is 6.42 Å². The molecule has 0 aliphatic heterocycles. The van der Waals surface area contributed by atoms with Gasteiger partial charge in [-0.3, -0.25) is 0 Å². The van der Waals surface area contributed by atoms with Crippen LogP contribution in [0.5, 0.6) is 0 Å². The smallest absolute Gasteiger partial charge is 0.341 e. The molecule has 0 bridgehead atoms. The average Bonchev–Trinajstić information content (AvgIpc) is 2.75. The third-order valence-corrected chi connectivity index (χ3v) is 2.85. The Morgan fingerprint density at radius 2 is 2.00 bits per heavy atom. The minimum atomic E-state index is -0.517. The standard InChI is InChI=1S/C15H12FNO2/c1-4-12-14(15(18)19-3)13(9(2)17-12)10-5-7-11(16)8-6-10/h1,5-8,17H,2-3H3. The molecule has 1 aromatic heterocycles. The maximum Gasteiger partial charge on any atom is 0.341 e. The number of aryl methyl sites for hydroxylation is 1. The number of H-pyrrole nitrogens is 1. The Labute approximate surface area is 110 Å². The molecule has 4 heteroatoms. The predicted octanol–water partition coefficient (Wildman–Crippen LogP) is 2.90. The second kappa shape index (κ2) is 4.99. The van der Waals surface area contributed by atoms with Crippen molar-refractivity contribution < 1.29 is 13.9 Å². The van der Waals surface area contributed by atoms with Crippen LogP contribution in [0.1, 0.15) is 21.7 Å². The number of benzene rings is 1. The molecule has 19 heavy (non-hydrogen) atoms. The van der Waals surface area contributed by atoms with E-state index < -0.39 is 5.97 Å². The molecule has 0 fully saturated rings. The summed E-state index contributed by atoms with van der Waals surface area (Å²) in [5.41, 5.74) is 2.74. The zero-order valence-corrected chi connectivity index (χ0v) is 10.6. The van der Waals surface area contributed by atoms with Gasteiger partial charge in [-0.1, -0.05) is 18.1 Å². The van der Waals surface area contributed by atoms with E-state index in [4.69, 9.17) is 11.2 Å². The van der Waals surface area contributed by atoms with Crippen LogP contribution in [0, 0.1) is 25.1 Å². The number of aromatic amines is 1. The van der Waals surface area contributed by atoms with Crippen molar-refractivity contribution in [1.82, 2.24) is 4.98 Å². The number of terminal acetylenes is 1. The summed E-state index contributed by atoms with van der Waals surface area (Å²) in [4.78, 5) is 14.8. The quantitative estimate of drug-likeness (QED) is 0.664. The third-order valence-electron chi connectivity index (χ3n) is 2.85. The number of esters is 1. The van der Waals surface area contributed by atoms with Gasteiger partial charge < -0.3 is 9.72 Å². The van der Waals surface area contributed by atoms with Crippen molar-refractivity contribution in [3.8, 4) is 23.5 Å². The van der Waals surface area contributed by atoms with E-state index in [1.165, 1.54) is 19.2 Å². The number of hydrogen-bond acceptors (Lipinski definition) is 2. The Kier molecular flexibility index (Phi) is 3.39. The summed E-state index contributed by atoms with van der Waals surface area (Å²) in [7, 11) is 1.29. The van der Waals surface area contributed by atoms with E-state index in [-0.39, 0.29) is 5.82 Å². The highest BCUT2D eigenvalue weighted by Gasteiger charge is 2.22. The number of ether oxygens (including phenoxy) is 1. The summed E-state index contributed by atoms with van der Waals surface area (Å²) < 4.78 is 17.7. The lowest BCUT2D eigenvalue weighted by Crippen LogP contribution is -2.04. The molecular weight excluding hydrogens is 245 g/mol. The molecule has 1 heterocycles. The molecule has 0 atom stereocenters. The Morgan fingerprint density at radius 3 is 2.53 bits per heavy atom. The molecule has 1 aromatic carbocycles. The van der Waals surface area contributed by atoms with Gasteiger partial charge >= 0.3 is 5.97 Å². The molecule has 2 rings (SSSR count). The lowest BCUT2D eigenvalue weighted by atomic mass is 10.0. The van der Waals surface area contributed by atoms with Crippen molar-refractivity contribution in [1.29, 1.82) is 0 Å². The number of carbonyl (C=O) groups excluding carboxylic acids is 1. The molecule has 1 N–H and O–H groups in total. The summed E-state index contributed by atoms with van der Waals surface area (Å²) in [6, 6.07) is 5.85. The first-order chi connectivity index (χ1) is 9.08. The second-order valence-corrected chi connectivity index (χ2v) is 4.02. The fourth-order valence-corrected chi connectivity index (χ4v) is 2.02. The Hall–Kier alpha value is -2.54. The van der Waals surface area contributed by atoms with Gasteiger partial charge in [0.05, 0.1) is 7.11 Å². The Bertz CT molecular complexity index is 663. The van der Waals surface area contributed by atoms with Crippen LogP contribution in [0.2, 0.25) is 0 Å². The molecule has 0 unspecified atom stereocenters. The number of rotatable bonds is 2. The maximum absolute atomic E-state index is 13.0. The van der Waals surface area contributed by atoms with E-state index in [0.29, 0.717) is 22.4 Å². The van der Waals surface area contributed by atoms with Gasteiger partial charge in [0.1, 0.15) is 17.1 Å². The average molecular weight is 257 g/mol. The van der Waals surface area contributed by atoms with Crippen LogP contribution >= 0.6 is 0 Å². The van der Waals surface area contributed by atoms with Crippen molar-refractivity contribution >= 4 is 5.97 Å². The van der Waals surface area contributed by atoms with E-state index in [1.54, 1.807) is 19.1 Å². The normalized spacial score (nSPS) is 10.0. The molecule has 0 spiro atoms. The first kappa shape index (κ1) is 12.9. The van der Waals surface area contributed by atoms with Crippen molar-refractivity contribution in [3.63, 3.8) is 0 Å². The van der Waals surface area contributed by atoms with Crippen molar-refractivity contribution in [2.75, 3.05) is 7.11 Å². The molecule has 3 nitrogen and oxygen atoms in total. The molecule has 0 saturated heterocycles. The van der Waals surface area contributed by atoms with Crippen molar-refractivity contribution in [2.24, 2.45) is 0 Å². The van der Waals surface area contributed by atoms with Crippen LogP contribution < -0.4 is 0 Å². The minimum absolute atomic E-state index is 0.300. The summed E-state index contributed by atoms with van der Waals surface area (Å²) in [5.74, 6) is 1.57. The zero-order valence-electron chi connectivity index (χ0n) is 10.6. The van der Waals surface area contributed by atoms with Gasteiger partial charge in [-0.05, 0) is 24.6 Å². The molecule has 0 radical (unpaired) electrons. The van der Waals surface area contributed by atoms with Gasteiger partial charge in [0, 0.05) is 11.3 Å². The summed E-state index contributed by atoms with van der Waals surface area (Å²) in [6.45, 7) is 1.80. The minimum Gasteiger partial charge on any atom is -0.465 e. The first-order valence-corrected chi connectivity index (χ1v) is 5.62. The van der Waals surface area contributed by atoms with Crippen LogP contribution in [0.25, 0.3) is 11.1 Å². The van der Waals surface area contributed by atoms with Gasteiger partial charge in [-0.25, -0.2) is 9.18 Å². The number of nitrogens with one attached hydrogen (secondary N) is 1. The molecular formula is C15H12FNO2. The monoisotopic (exact) mass is 257 g/mol. The first-order valence-electron chi connectivity index (χ1n) is 5.62. The third kappa shape index (κ3) is 2.23. The highest BCUT2D eigenvalue weighted by molar-refractivity contribution is 6.00. The zero-order chi connectivity index (χ0) is 14.0. The second-order valence-electron chi connectivity index (χ2n) is 4.02. The fraction of sp³-hybridized carbons (Fsp3) is 0.133.